The van der Waals surface area contributed by atoms with Crippen molar-refractivity contribution in [3.63, 3.8) is 0 Å². The largest absolute Gasteiger partial charge is 0.496 e. The molecule has 0 aliphatic carbocycles. The maximum atomic E-state index is 11.7. The zero-order valence-electron chi connectivity index (χ0n) is 10.8. The molecule has 0 aliphatic heterocycles. The van der Waals surface area contributed by atoms with E-state index in [1.807, 2.05) is 36.6 Å². The lowest BCUT2D eigenvalue weighted by molar-refractivity contribution is 0.251. The van der Waals surface area contributed by atoms with Crippen LogP contribution in [0.1, 0.15) is 11.3 Å². The highest BCUT2D eigenvalue weighted by Gasteiger charge is 2.06. The smallest absolute Gasteiger partial charge is 0.321 e. The Morgan fingerprint density at radius 1 is 1.42 bits per heavy atom. The summed E-state index contributed by atoms with van der Waals surface area (Å²) in [6.45, 7) is 2.29. The van der Waals surface area contributed by atoms with E-state index in [-0.39, 0.29) is 6.03 Å². The number of nitrogens with one attached hydrogen (secondary N) is 2. The van der Waals surface area contributed by atoms with E-state index in [0.717, 1.165) is 17.0 Å². The Balaban J connectivity index is 1.89. The molecule has 2 aromatic rings. The van der Waals surface area contributed by atoms with E-state index < -0.39 is 0 Å². The summed E-state index contributed by atoms with van der Waals surface area (Å²) >= 11 is 1.40. The Kier molecular flexibility index (Phi) is 4.35. The molecule has 1 aromatic heterocycles. The number of urea groups is 1. The molecule has 0 saturated heterocycles. The van der Waals surface area contributed by atoms with E-state index in [1.54, 1.807) is 7.11 Å². The van der Waals surface area contributed by atoms with Gasteiger partial charge in [-0.3, -0.25) is 5.32 Å². The minimum absolute atomic E-state index is 0.278. The minimum atomic E-state index is -0.278. The van der Waals surface area contributed by atoms with Crippen molar-refractivity contribution >= 4 is 22.5 Å². The molecule has 0 aliphatic rings. The van der Waals surface area contributed by atoms with Crippen LogP contribution in [0.5, 0.6) is 5.75 Å². The van der Waals surface area contributed by atoms with Crippen LogP contribution in [0.25, 0.3) is 0 Å². The molecular weight excluding hydrogens is 262 g/mol. The number of hydrogen-bond acceptors (Lipinski definition) is 4. The summed E-state index contributed by atoms with van der Waals surface area (Å²) in [5.74, 6) is 0.757. The summed E-state index contributed by atoms with van der Waals surface area (Å²) < 4.78 is 5.22. The average Bonchev–Trinajstić information content (AvgIpc) is 2.82. The van der Waals surface area contributed by atoms with Gasteiger partial charge in [0, 0.05) is 17.5 Å². The molecule has 19 heavy (non-hydrogen) atoms. The topological polar surface area (TPSA) is 63.2 Å². The van der Waals surface area contributed by atoms with Gasteiger partial charge in [0.1, 0.15) is 5.75 Å². The molecule has 6 heteroatoms. The lowest BCUT2D eigenvalue weighted by atomic mass is 10.2. The molecule has 0 radical (unpaired) electrons. The second-order valence-electron chi connectivity index (χ2n) is 3.91. The van der Waals surface area contributed by atoms with Gasteiger partial charge in [0.2, 0.25) is 0 Å². The SMILES string of the molecule is COc1ccccc1CNC(=O)Nc1nc(C)cs1. The van der Waals surface area contributed by atoms with Crippen LogP contribution in [0.2, 0.25) is 0 Å². The Bertz CT molecular complexity index is 569. The second kappa shape index (κ2) is 6.19. The van der Waals surface area contributed by atoms with Crippen molar-refractivity contribution < 1.29 is 9.53 Å². The fourth-order valence-corrected chi connectivity index (χ4v) is 2.26. The van der Waals surface area contributed by atoms with Gasteiger partial charge in [0.15, 0.2) is 5.13 Å². The van der Waals surface area contributed by atoms with Gasteiger partial charge in [-0.1, -0.05) is 18.2 Å². The predicted octanol–water partition coefficient (Wildman–Crippen LogP) is 2.78. The highest BCUT2D eigenvalue weighted by molar-refractivity contribution is 7.13. The van der Waals surface area contributed by atoms with Crippen molar-refractivity contribution in [2.24, 2.45) is 0 Å². The molecule has 0 atom stereocenters. The number of amides is 2. The molecule has 0 bridgehead atoms. The monoisotopic (exact) mass is 277 g/mol. The van der Waals surface area contributed by atoms with Crippen LogP contribution < -0.4 is 15.4 Å². The molecule has 0 spiro atoms. The van der Waals surface area contributed by atoms with Crippen LogP contribution >= 0.6 is 11.3 Å². The van der Waals surface area contributed by atoms with Gasteiger partial charge >= 0.3 is 6.03 Å². The molecular formula is C13H15N3O2S. The molecule has 100 valence electrons. The maximum Gasteiger partial charge on any atom is 0.321 e. The van der Waals surface area contributed by atoms with Crippen LogP contribution in [0.15, 0.2) is 29.6 Å². The number of para-hydroxylation sites is 1. The Morgan fingerprint density at radius 2 is 2.21 bits per heavy atom. The van der Waals surface area contributed by atoms with E-state index in [2.05, 4.69) is 15.6 Å². The minimum Gasteiger partial charge on any atom is -0.496 e. The number of benzene rings is 1. The summed E-state index contributed by atoms with van der Waals surface area (Å²) in [6, 6.07) is 7.29. The number of aromatic nitrogens is 1. The third kappa shape index (κ3) is 3.69. The molecule has 2 amide bonds. The number of thiazole rings is 1. The third-order valence-corrected chi connectivity index (χ3v) is 3.35. The average molecular weight is 277 g/mol. The first-order valence-electron chi connectivity index (χ1n) is 5.78. The van der Waals surface area contributed by atoms with E-state index >= 15 is 0 Å². The molecule has 0 unspecified atom stereocenters. The molecule has 5 nitrogen and oxygen atoms in total. The number of carbonyl (C=O) groups is 1. The van der Waals surface area contributed by atoms with Crippen LogP contribution in [0.3, 0.4) is 0 Å². The summed E-state index contributed by atoms with van der Waals surface area (Å²) in [7, 11) is 1.61. The summed E-state index contributed by atoms with van der Waals surface area (Å²) in [6.07, 6.45) is 0. The Hall–Kier alpha value is -2.08. The zero-order chi connectivity index (χ0) is 13.7. The standard InChI is InChI=1S/C13H15N3O2S/c1-9-8-19-13(15-9)16-12(17)14-7-10-5-3-4-6-11(10)18-2/h3-6,8H,7H2,1-2H3,(H2,14,15,16,17). The number of carbonyl (C=O) groups excluding carboxylic acids is 1. The number of nitrogens with zero attached hydrogens (tertiary/aromatic N) is 1. The summed E-state index contributed by atoms with van der Waals surface area (Å²) in [4.78, 5) is 15.9. The first-order valence-corrected chi connectivity index (χ1v) is 6.66. The van der Waals surface area contributed by atoms with Gasteiger partial charge in [0.05, 0.1) is 12.8 Å². The van der Waals surface area contributed by atoms with E-state index in [1.165, 1.54) is 11.3 Å². The lowest BCUT2D eigenvalue weighted by Gasteiger charge is -2.09. The number of hydrogen-bond donors (Lipinski definition) is 2. The van der Waals surface area contributed by atoms with Gasteiger partial charge in [-0.2, -0.15) is 0 Å². The fourth-order valence-electron chi connectivity index (χ4n) is 1.58. The predicted molar refractivity (Wildman–Crippen MR) is 75.7 cm³/mol. The number of anilines is 1. The number of ether oxygens (including phenoxy) is 1. The lowest BCUT2D eigenvalue weighted by Crippen LogP contribution is -2.28. The van der Waals surface area contributed by atoms with Crippen LogP contribution in [0, 0.1) is 6.92 Å². The molecule has 0 saturated carbocycles. The van der Waals surface area contributed by atoms with Crippen molar-refractivity contribution in [2.75, 3.05) is 12.4 Å². The Morgan fingerprint density at radius 3 is 2.89 bits per heavy atom. The van der Waals surface area contributed by atoms with Crippen molar-refractivity contribution in [3.05, 3.63) is 40.9 Å². The van der Waals surface area contributed by atoms with Gasteiger partial charge in [0.25, 0.3) is 0 Å². The molecule has 2 N–H and O–H groups in total. The first kappa shape index (κ1) is 13.4. The van der Waals surface area contributed by atoms with Gasteiger partial charge in [-0.05, 0) is 13.0 Å². The first-order chi connectivity index (χ1) is 9.19. The fraction of sp³-hybridized carbons (Fsp3) is 0.231. The van der Waals surface area contributed by atoms with Gasteiger partial charge in [-0.15, -0.1) is 11.3 Å². The van der Waals surface area contributed by atoms with Crippen molar-refractivity contribution in [2.45, 2.75) is 13.5 Å². The van der Waals surface area contributed by atoms with Crippen LogP contribution in [-0.4, -0.2) is 18.1 Å². The van der Waals surface area contributed by atoms with Crippen LogP contribution in [-0.2, 0) is 6.54 Å². The highest BCUT2D eigenvalue weighted by atomic mass is 32.1. The van der Waals surface area contributed by atoms with E-state index in [0.29, 0.717) is 11.7 Å². The Labute approximate surface area is 115 Å². The third-order valence-electron chi connectivity index (χ3n) is 2.47. The molecule has 1 aromatic carbocycles. The summed E-state index contributed by atoms with van der Waals surface area (Å²) in [5.41, 5.74) is 1.82. The van der Waals surface area contributed by atoms with Gasteiger partial charge < -0.3 is 10.1 Å². The number of methoxy groups -OCH3 is 1. The molecule has 1 heterocycles. The van der Waals surface area contributed by atoms with E-state index in [9.17, 15) is 4.79 Å². The summed E-state index contributed by atoms with van der Waals surface area (Å²) in [5, 5.41) is 7.93. The number of aryl methyl sites for hydroxylation is 1. The zero-order valence-corrected chi connectivity index (χ0v) is 11.6. The normalized spacial score (nSPS) is 10.0. The van der Waals surface area contributed by atoms with Crippen molar-refractivity contribution in [1.82, 2.24) is 10.3 Å². The second-order valence-corrected chi connectivity index (χ2v) is 4.77. The maximum absolute atomic E-state index is 11.7. The quantitative estimate of drug-likeness (QED) is 0.903. The van der Waals surface area contributed by atoms with Crippen molar-refractivity contribution in [1.29, 1.82) is 0 Å². The number of rotatable bonds is 4. The van der Waals surface area contributed by atoms with Crippen LogP contribution in [0.4, 0.5) is 9.93 Å². The molecule has 2 rings (SSSR count). The van der Waals surface area contributed by atoms with E-state index in [4.69, 9.17) is 4.74 Å². The van der Waals surface area contributed by atoms with Crippen molar-refractivity contribution in [3.8, 4) is 5.75 Å². The van der Waals surface area contributed by atoms with Gasteiger partial charge in [-0.25, -0.2) is 9.78 Å². The molecule has 0 fully saturated rings. The highest BCUT2D eigenvalue weighted by Crippen LogP contribution is 2.17.